The van der Waals surface area contributed by atoms with Gasteiger partial charge in [0.15, 0.2) is 0 Å². The Hall–Kier alpha value is -3.47. The number of aryl methyl sites for hydroxylation is 4. The quantitative estimate of drug-likeness (QED) is 0.553. The van der Waals surface area contributed by atoms with Crippen molar-refractivity contribution in [3.05, 3.63) is 89.4 Å². The van der Waals surface area contributed by atoms with Crippen molar-refractivity contribution in [2.45, 2.75) is 25.7 Å². The highest BCUT2D eigenvalue weighted by Crippen LogP contribution is 2.35. The summed E-state index contributed by atoms with van der Waals surface area (Å²) in [6, 6.07) is 20.7. The van der Waals surface area contributed by atoms with Gasteiger partial charge in [-0.15, -0.1) is 0 Å². The molecule has 5 rings (SSSR count). The number of benzene rings is 2. The third kappa shape index (κ3) is 3.51. The number of nitrogens with one attached hydrogen (secondary N) is 1. The van der Waals surface area contributed by atoms with Crippen LogP contribution in [0.15, 0.2) is 66.9 Å². The van der Waals surface area contributed by atoms with Gasteiger partial charge in [-0.2, -0.15) is 5.10 Å². The van der Waals surface area contributed by atoms with E-state index in [2.05, 4.69) is 40.6 Å². The summed E-state index contributed by atoms with van der Waals surface area (Å²) >= 11 is 0. The van der Waals surface area contributed by atoms with Gasteiger partial charge in [-0.05, 0) is 48.9 Å². The largest absolute Gasteiger partial charge is 0.324 e. The first-order valence-corrected chi connectivity index (χ1v) is 10.0. The number of aromatic nitrogens is 4. The third-order valence-corrected chi connectivity index (χ3v) is 5.49. The number of nitrogens with zero attached hydrogens (tertiary/aromatic N) is 4. The zero-order valence-corrected chi connectivity index (χ0v) is 16.5. The van der Waals surface area contributed by atoms with Gasteiger partial charge < -0.3 is 5.32 Å². The van der Waals surface area contributed by atoms with Gasteiger partial charge in [0.2, 0.25) is 5.95 Å². The molecule has 144 valence electrons. The van der Waals surface area contributed by atoms with Crippen LogP contribution in [-0.2, 0) is 32.7 Å². The van der Waals surface area contributed by atoms with Crippen LogP contribution in [0.1, 0.15) is 22.5 Å². The van der Waals surface area contributed by atoms with Crippen molar-refractivity contribution in [3.63, 3.8) is 0 Å². The van der Waals surface area contributed by atoms with Gasteiger partial charge in [-0.1, -0.05) is 48.5 Å². The average Bonchev–Trinajstić information content (AvgIpc) is 3.09. The Bertz CT molecular complexity index is 1130. The van der Waals surface area contributed by atoms with Gasteiger partial charge in [-0.25, -0.2) is 9.97 Å². The van der Waals surface area contributed by atoms with E-state index >= 15 is 0 Å². The fourth-order valence-electron chi connectivity index (χ4n) is 4.03. The minimum atomic E-state index is 0.626. The lowest BCUT2D eigenvalue weighted by molar-refractivity contribution is 0.689. The first kappa shape index (κ1) is 17.6. The summed E-state index contributed by atoms with van der Waals surface area (Å²) in [7, 11) is 2.04. The highest BCUT2D eigenvalue weighted by molar-refractivity contribution is 5.72. The second-order valence-corrected chi connectivity index (χ2v) is 7.44. The zero-order chi connectivity index (χ0) is 19.6. The van der Waals surface area contributed by atoms with Crippen LogP contribution in [0.2, 0.25) is 0 Å². The highest BCUT2D eigenvalue weighted by atomic mass is 15.3. The molecule has 0 saturated heterocycles. The first-order chi connectivity index (χ1) is 14.3. The van der Waals surface area contributed by atoms with Gasteiger partial charge in [0.1, 0.15) is 0 Å². The Morgan fingerprint density at radius 2 is 1.69 bits per heavy atom. The number of rotatable bonds is 5. The van der Waals surface area contributed by atoms with E-state index in [-0.39, 0.29) is 0 Å². The molecule has 0 bridgehead atoms. The maximum atomic E-state index is 4.90. The fourth-order valence-corrected chi connectivity index (χ4v) is 4.03. The minimum absolute atomic E-state index is 0.626. The number of para-hydroxylation sites is 1. The normalized spacial score (nSPS) is 12.3. The molecule has 5 heteroatoms. The molecule has 1 N–H and O–H groups in total. The molecule has 0 fully saturated rings. The smallest absolute Gasteiger partial charge is 0.227 e. The lowest BCUT2D eigenvalue weighted by atomic mass is 9.92. The average molecular weight is 381 g/mol. The summed E-state index contributed by atoms with van der Waals surface area (Å²) in [5, 5.41) is 8.13. The van der Waals surface area contributed by atoms with Crippen molar-refractivity contribution in [2.24, 2.45) is 7.05 Å². The summed E-state index contributed by atoms with van der Waals surface area (Å²) in [6.07, 6.45) is 5.76. The molecule has 0 atom stereocenters. The van der Waals surface area contributed by atoms with Crippen LogP contribution in [0.25, 0.3) is 11.3 Å². The summed E-state index contributed by atoms with van der Waals surface area (Å²) in [4.78, 5) is 9.44. The summed E-state index contributed by atoms with van der Waals surface area (Å²) in [5.41, 5.74) is 8.14. The van der Waals surface area contributed by atoms with Gasteiger partial charge in [0.05, 0.1) is 11.4 Å². The summed E-state index contributed by atoms with van der Waals surface area (Å²) in [6.45, 7) is 0. The molecule has 0 amide bonds. The number of anilines is 2. The molecule has 4 aromatic rings. The molecule has 2 aromatic carbocycles. The molecular formula is C24H23N5. The molecule has 1 aliphatic rings. The van der Waals surface area contributed by atoms with Crippen LogP contribution in [0.4, 0.5) is 11.6 Å². The van der Waals surface area contributed by atoms with E-state index in [1.54, 1.807) is 0 Å². The van der Waals surface area contributed by atoms with Gasteiger partial charge >= 0.3 is 0 Å². The number of hydrogen-bond acceptors (Lipinski definition) is 4. The van der Waals surface area contributed by atoms with E-state index in [0.717, 1.165) is 42.8 Å². The second kappa shape index (κ2) is 7.51. The molecule has 1 aliphatic carbocycles. The first-order valence-electron chi connectivity index (χ1n) is 10.0. The Morgan fingerprint density at radius 3 is 2.48 bits per heavy atom. The third-order valence-electron chi connectivity index (χ3n) is 5.49. The Kier molecular flexibility index (Phi) is 4.56. The zero-order valence-electron chi connectivity index (χ0n) is 16.5. The Labute approximate surface area is 170 Å². The monoisotopic (exact) mass is 381 g/mol. The Balaban J connectivity index is 1.49. The second-order valence-electron chi connectivity index (χ2n) is 7.44. The van der Waals surface area contributed by atoms with E-state index in [4.69, 9.17) is 10.1 Å². The van der Waals surface area contributed by atoms with Crippen LogP contribution < -0.4 is 5.32 Å². The standard InChI is InChI=1S/C24H23N5/c1-29-21(15-12-17-8-4-2-5-9-17)22-20(28-29)14-13-18-16-25-24(27-23(18)22)26-19-10-6-3-7-11-19/h2-11,16H,12-15H2,1H3,(H,25,26,27). The predicted octanol–water partition coefficient (Wildman–Crippen LogP) is 4.50. The molecule has 2 aromatic heterocycles. The van der Waals surface area contributed by atoms with Crippen molar-refractivity contribution in [1.82, 2.24) is 19.7 Å². The topological polar surface area (TPSA) is 55.6 Å². The van der Waals surface area contributed by atoms with E-state index in [1.807, 2.05) is 48.3 Å². The molecule has 0 spiro atoms. The highest BCUT2D eigenvalue weighted by Gasteiger charge is 2.26. The number of fused-ring (bicyclic) bond motifs is 3. The van der Waals surface area contributed by atoms with Gasteiger partial charge in [0.25, 0.3) is 0 Å². The van der Waals surface area contributed by atoms with E-state index in [0.29, 0.717) is 5.95 Å². The summed E-state index contributed by atoms with van der Waals surface area (Å²) < 4.78 is 2.04. The van der Waals surface area contributed by atoms with Crippen LogP contribution in [0, 0.1) is 0 Å². The van der Waals surface area contributed by atoms with Crippen LogP contribution in [0.5, 0.6) is 0 Å². The molecule has 0 unspecified atom stereocenters. The fraction of sp³-hybridized carbons (Fsp3) is 0.208. The lowest BCUT2D eigenvalue weighted by Gasteiger charge is -2.17. The van der Waals surface area contributed by atoms with Crippen LogP contribution in [0.3, 0.4) is 0 Å². The maximum absolute atomic E-state index is 4.90. The van der Waals surface area contributed by atoms with Crippen molar-refractivity contribution in [3.8, 4) is 11.3 Å². The number of hydrogen-bond donors (Lipinski definition) is 1. The molecular weight excluding hydrogens is 358 g/mol. The Morgan fingerprint density at radius 1 is 0.931 bits per heavy atom. The molecule has 2 heterocycles. The molecule has 0 saturated carbocycles. The lowest BCUT2D eigenvalue weighted by Crippen LogP contribution is -2.09. The molecule has 0 aliphatic heterocycles. The maximum Gasteiger partial charge on any atom is 0.227 e. The minimum Gasteiger partial charge on any atom is -0.324 e. The van der Waals surface area contributed by atoms with Crippen molar-refractivity contribution < 1.29 is 0 Å². The van der Waals surface area contributed by atoms with E-state index in [1.165, 1.54) is 22.4 Å². The van der Waals surface area contributed by atoms with E-state index < -0.39 is 0 Å². The van der Waals surface area contributed by atoms with Crippen molar-refractivity contribution in [1.29, 1.82) is 0 Å². The van der Waals surface area contributed by atoms with E-state index in [9.17, 15) is 0 Å². The van der Waals surface area contributed by atoms with Crippen molar-refractivity contribution in [2.75, 3.05) is 5.32 Å². The summed E-state index contributed by atoms with van der Waals surface area (Å²) in [5.74, 6) is 0.626. The molecule has 5 nitrogen and oxygen atoms in total. The van der Waals surface area contributed by atoms with Crippen LogP contribution >= 0.6 is 0 Å². The molecule has 29 heavy (non-hydrogen) atoms. The van der Waals surface area contributed by atoms with Gasteiger partial charge in [-0.3, -0.25) is 4.68 Å². The van der Waals surface area contributed by atoms with Crippen LogP contribution in [-0.4, -0.2) is 19.7 Å². The predicted molar refractivity (Wildman–Crippen MR) is 115 cm³/mol. The SMILES string of the molecule is Cn1nc2c(c1CCc1ccccc1)-c1nc(Nc3ccccc3)ncc1CC2. The van der Waals surface area contributed by atoms with Crippen molar-refractivity contribution >= 4 is 11.6 Å². The van der Waals surface area contributed by atoms with Gasteiger partial charge in [0, 0.05) is 30.2 Å². The molecule has 0 radical (unpaired) electrons.